The number of fused-ring (bicyclic) bond motifs is 4. The van der Waals surface area contributed by atoms with E-state index in [9.17, 15) is 0 Å². The second-order valence-electron chi connectivity index (χ2n) is 8.12. The molecule has 2 aromatic carbocycles. The normalized spacial score (nSPS) is 27.8. The largest absolute Gasteiger partial charge is 0.493 e. The minimum absolute atomic E-state index is 0.142. The molecule has 0 saturated carbocycles. The lowest BCUT2D eigenvalue weighted by Crippen LogP contribution is -3.13. The van der Waals surface area contributed by atoms with Crippen molar-refractivity contribution in [3.63, 3.8) is 0 Å². The van der Waals surface area contributed by atoms with Crippen molar-refractivity contribution in [2.45, 2.75) is 38.0 Å². The summed E-state index contributed by atoms with van der Waals surface area (Å²) in [5.74, 6) is 1.68. The molecule has 3 heterocycles. The third-order valence-electron chi connectivity index (χ3n) is 6.63. The van der Waals surface area contributed by atoms with Crippen molar-refractivity contribution >= 4 is 17.3 Å². The van der Waals surface area contributed by atoms with Crippen LogP contribution in [0.1, 0.15) is 43.4 Å². The van der Waals surface area contributed by atoms with E-state index in [1.165, 1.54) is 0 Å². The molecule has 3 aliphatic rings. The van der Waals surface area contributed by atoms with Gasteiger partial charge in [0.05, 0.1) is 51.3 Å². The summed E-state index contributed by atoms with van der Waals surface area (Å²) in [6.45, 7) is 5.57. The fourth-order valence-corrected chi connectivity index (χ4v) is 5.21. The molecular formula is C23H27ClN3O2+. The standard InChI is InChI=1S/C23H26ClN3O2/c1-3-26-13-11-23(12-14-26)27-20(17-8-6-10-21(28-2)22(17)29-23)15-19(25-27)16-7-4-5-9-18(16)24/h4-10,20H,3,11-15H2,1-2H3/p+1/t20-/m1/s1. The van der Waals surface area contributed by atoms with Gasteiger partial charge in [-0.1, -0.05) is 41.9 Å². The average molecular weight is 413 g/mol. The van der Waals surface area contributed by atoms with Crippen molar-refractivity contribution in [1.29, 1.82) is 0 Å². The van der Waals surface area contributed by atoms with Gasteiger partial charge in [-0.05, 0) is 19.1 Å². The molecule has 1 fully saturated rings. The lowest BCUT2D eigenvalue weighted by atomic mass is 9.90. The Kier molecular flexibility index (Phi) is 4.67. The number of nitrogens with zero attached hydrogens (tertiary/aromatic N) is 2. The molecule has 0 radical (unpaired) electrons. The summed E-state index contributed by atoms with van der Waals surface area (Å²) >= 11 is 6.51. The zero-order valence-electron chi connectivity index (χ0n) is 17.0. The highest BCUT2D eigenvalue weighted by Gasteiger charge is 2.53. The van der Waals surface area contributed by atoms with E-state index >= 15 is 0 Å². The summed E-state index contributed by atoms with van der Waals surface area (Å²) in [6, 6.07) is 14.3. The highest BCUT2D eigenvalue weighted by atomic mass is 35.5. The number of hydrogen-bond acceptors (Lipinski definition) is 4. The molecule has 0 aromatic heterocycles. The summed E-state index contributed by atoms with van der Waals surface area (Å²) in [4.78, 5) is 1.62. The number of piperidine rings is 1. The van der Waals surface area contributed by atoms with Crippen molar-refractivity contribution in [3.05, 3.63) is 58.6 Å². The molecule has 1 spiro atoms. The van der Waals surface area contributed by atoms with Crippen LogP contribution in [0.4, 0.5) is 0 Å². The third-order valence-corrected chi connectivity index (χ3v) is 6.96. The molecule has 0 amide bonds. The van der Waals surface area contributed by atoms with Gasteiger partial charge in [0, 0.05) is 22.6 Å². The molecule has 0 aliphatic carbocycles. The molecule has 5 nitrogen and oxygen atoms in total. The van der Waals surface area contributed by atoms with Gasteiger partial charge < -0.3 is 14.4 Å². The van der Waals surface area contributed by atoms with E-state index in [2.05, 4.69) is 24.1 Å². The summed E-state index contributed by atoms with van der Waals surface area (Å²) in [5.41, 5.74) is 2.77. The van der Waals surface area contributed by atoms with Crippen LogP contribution in [0.15, 0.2) is 47.6 Å². The SMILES string of the molecule is CC[NH+]1CCC2(CC1)Oc1c(OC)cccc1[C@H]1CC(c3ccccc3Cl)=NN12. The van der Waals surface area contributed by atoms with Crippen molar-refractivity contribution in [2.24, 2.45) is 5.10 Å². The van der Waals surface area contributed by atoms with Crippen molar-refractivity contribution in [2.75, 3.05) is 26.7 Å². The predicted octanol–water partition coefficient (Wildman–Crippen LogP) is 3.29. The molecule has 6 heteroatoms. The van der Waals surface area contributed by atoms with Gasteiger partial charge in [-0.15, -0.1) is 0 Å². The molecule has 3 aliphatic heterocycles. The lowest BCUT2D eigenvalue weighted by molar-refractivity contribution is -0.906. The fraction of sp³-hybridized carbons (Fsp3) is 0.435. The second kappa shape index (κ2) is 7.22. The van der Waals surface area contributed by atoms with Crippen molar-refractivity contribution < 1.29 is 14.4 Å². The number of benzene rings is 2. The van der Waals surface area contributed by atoms with E-state index in [1.54, 1.807) is 12.0 Å². The zero-order chi connectivity index (χ0) is 20.0. The van der Waals surface area contributed by atoms with Gasteiger partial charge in [-0.2, -0.15) is 5.10 Å². The number of likely N-dealkylation sites (tertiary alicyclic amines) is 1. The Balaban J connectivity index is 1.60. The van der Waals surface area contributed by atoms with Gasteiger partial charge in [-0.3, -0.25) is 0 Å². The van der Waals surface area contributed by atoms with E-state index in [1.807, 2.05) is 30.3 Å². The van der Waals surface area contributed by atoms with Crippen LogP contribution in [0.25, 0.3) is 0 Å². The first-order valence-electron chi connectivity index (χ1n) is 10.5. The number of rotatable bonds is 3. The number of methoxy groups -OCH3 is 1. The minimum Gasteiger partial charge on any atom is -0.493 e. The van der Waals surface area contributed by atoms with Gasteiger partial charge >= 0.3 is 0 Å². The Morgan fingerprint density at radius 2 is 2.00 bits per heavy atom. The van der Waals surface area contributed by atoms with Crippen molar-refractivity contribution in [3.8, 4) is 11.5 Å². The molecule has 0 bridgehead atoms. The van der Waals surface area contributed by atoms with E-state index < -0.39 is 5.72 Å². The average Bonchev–Trinajstić information content (AvgIpc) is 3.21. The van der Waals surface area contributed by atoms with Crippen LogP contribution in [-0.2, 0) is 0 Å². The summed E-state index contributed by atoms with van der Waals surface area (Å²) in [5, 5.41) is 8.10. The number of ether oxygens (including phenoxy) is 2. The summed E-state index contributed by atoms with van der Waals surface area (Å²) < 4.78 is 12.4. The first-order chi connectivity index (χ1) is 14.1. The van der Waals surface area contributed by atoms with Crippen LogP contribution in [-0.4, -0.2) is 43.2 Å². The first-order valence-corrected chi connectivity index (χ1v) is 10.8. The molecular weight excluding hydrogens is 386 g/mol. The van der Waals surface area contributed by atoms with Gasteiger partial charge in [0.15, 0.2) is 11.5 Å². The van der Waals surface area contributed by atoms with E-state index in [0.717, 1.165) is 72.3 Å². The number of nitrogens with one attached hydrogen (secondary N) is 1. The fourth-order valence-electron chi connectivity index (χ4n) is 4.97. The second-order valence-corrected chi connectivity index (χ2v) is 8.53. The minimum atomic E-state index is -0.423. The van der Waals surface area contributed by atoms with Crippen LogP contribution in [0.3, 0.4) is 0 Å². The Labute approximate surface area is 176 Å². The Morgan fingerprint density at radius 3 is 2.72 bits per heavy atom. The van der Waals surface area contributed by atoms with Gasteiger partial charge in [-0.25, -0.2) is 5.01 Å². The highest BCUT2D eigenvalue weighted by molar-refractivity contribution is 6.34. The van der Waals surface area contributed by atoms with Crippen LogP contribution in [0.5, 0.6) is 11.5 Å². The predicted molar refractivity (Wildman–Crippen MR) is 114 cm³/mol. The monoisotopic (exact) mass is 412 g/mol. The van der Waals surface area contributed by atoms with Gasteiger partial charge in [0.1, 0.15) is 0 Å². The molecule has 0 unspecified atom stereocenters. The van der Waals surface area contributed by atoms with Crippen LogP contribution in [0.2, 0.25) is 5.02 Å². The molecule has 2 aromatic rings. The molecule has 29 heavy (non-hydrogen) atoms. The smallest absolute Gasteiger partial charge is 0.209 e. The number of quaternary nitrogens is 1. The third kappa shape index (κ3) is 2.99. The summed E-state index contributed by atoms with van der Waals surface area (Å²) in [7, 11) is 1.71. The van der Waals surface area contributed by atoms with Crippen LogP contribution in [0, 0.1) is 0 Å². The van der Waals surface area contributed by atoms with E-state index in [4.69, 9.17) is 26.2 Å². The number of halogens is 1. The maximum Gasteiger partial charge on any atom is 0.209 e. The quantitative estimate of drug-likeness (QED) is 0.840. The number of hydrazone groups is 1. The zero-order valence-corrected chi connectivity index (χ0v) is 17.7. The highest BCUT2D eigenvalue weighted by Crippen LogP contribution is 2.52. The van der Waals surface area contributed by atoms with Gasteiger partial charge in [0.2, 0.25) is 5.72 Å². The first kappa shape index (κ1) is 18.8. The Hall–Kier alpha value is -2.24. The van der Waals surface area contributed by atoms with Crippen LogP contribution < -0.4 is 14.4 Å². The number of para-hydroxylation sites is 1. The number of hydrogen-bond donors (Lipinski definition) is 1. The topological polar surface area (TPSA) is 38.5 Å². The maximum absolute atomic E-state index is 6.75. The lowest BCUT2D eigenvalue weighted by Gasteiger charge is -2.50. The van der Waals surface area contributed by atoms with E-state index in [-0.39, 0.29) is 6.04 Å². The Morgan fingerprint density at radius 1 is 1.21 bits per heavy atom. The van der Waals surface area contributed by atoms with Crippen LogP contribution >= 0.6 is 11.6 Å². The van der Waals surface area contributed by atoms with Crippen molar-refractivity contribution in [1.82, 2.24) is 5.01 Å². The Bertz CT molecular complexity index is 953. The maximum atomic E-state index is 6.75. The molecule has 5 rings (SSSR count). The summed E-state index contributed by atoms with van der Waals surface area (Å²) in [6.07, 6.45) is 2.71. The molecule has 1 N–H and O–H groups in total. The molecule has 1 atom stereocenters. The van der Waals surface area contributed by atoms with E-state index in [0.29, 0.717) is 0 Å². The van der Waals surface area contributed by atoms with Gasteiger partial charge in [0.25, 0.3) is 0 Å². The molecule has 1 saturated heterocycles. The molecule has 152 valence electrons.